The van der Waals surface area contributed by atoms with Gasteiger partial charge in [-0.25, -0.2) is 0 Å². The number of unbranched alkanes of at least 4 members (excludes halogenated alkanes) is 2. The van der Waals surface area contributed by atoms with Gasteiger partial charge >= 0.3 is 0 Å². The summed E-state index contributed by atoms with van der Waals surface area (Å²) in [6, 6.07) is 6.09. The molecule has 2 heteroatoms. The first kappa shape index (κ1) is 15.9. The number of benzene rings is 1. The lowest BCUT2D eigenvalue weighted by molar-refractivity contribution is 0.0968. The Hall–Kier alpha value is -1.15. The van der Waals surface area contributed by atoms with E-state index in [9.17, 15) is 4.79 Å². The molecule has 0 fully saturated rings. The quantitative estimate of drug-likeness (QED) is 0.521. The first-order valence-electron chi connectivity index (χ1n) is 7.33. The standard InChI is InChI=1S/C17H27NO/c1-5-6-7-9-18(4)10-8-17(19)16-12-14(2)11-15(3)13-16/h11-13H,5-10H2,1-4H3. The summed E-state index contributed by atoms with van der Waals surface area (Å²) in [5, 5.41) is 0. The number of ketones is 1. The summed E-state index contributed by atoms with van der Waals surface area (Å²) in [5.41, 5.74) is 3.19. The predicted molar refractivity (Wildman–Crippen MR) is 81.9 cm³/mol. The van der Waals surface area contributed by atoms with Crippen LogP contribution in [0.4, 0.5) is 0 Å². The van der Waals surface area contributed by atoms with Crippen LogP contribution in [0.5, 0.6) is 0 Å². The number of carbonyl (C=O) groups is 1. The van der Waals surface area contributed by atoms with Gasteiger partial charge in [-0.1, -0.05) is 37.0 Å². The van der Waals surface area contributed by atoms with Crippen LogP contribution in [-0.2, 0) is 0 Å². The molecule has 0 saturated carbocycles. The van der Waals surface area contributed by atoms with Crippen molar-refractivity contribution in [2.45, 2.75) is 46.5 Å². The molecule has 0 aliphatic heterocycles. The van der Waals surface area contributed by atoms with Crippen molar-refractivity contribution in [1.29, 1.82) is 0 Å². The summed E-state index contributed by atoms with van der Waals surface area (Å²) in [4.78, 5) is 14.4. The number of nitrogens with zero attached hydrogens (tertiary/aromatic N) is 1. The van der Waals surface area contributed by atoms with Crippen molar-refractivity contribution in [1.82, 2.24) is 4.90 Å². The van der Waals surface area contributed by atoms with Crippen LogP contribution in [0.25, 0.3) is 0 Å². The van der Waals surface area contributed by atoms with Gasteiger partial charge in [0.05, 0.1) is 0 Å². The third-order valence-corrected chi connectivity index (χ3v) is 3.41. The SMILES string of the molecule is CCCCCN(C)CCC(=O)c1cc(C)cc(C)c1. The largest absolute Gasteiger partial charge is 0.306 e. The van der Waals surface area contributed by atoms with E-state index in [1.165, 1.54) is 30.4 Å². The fourth-order valence-electron chi connectivity index (χ4n) is 2.32. The summed E-state index contributed by atoms with van der Waals surface area (Å²) < 4.78 is 0. The lowest BCUT2D eigenvalue weighted by atomic mass is 10.0. The van der Waals surface area contributed by atoms with E-state index in [4.69, 9.17) is 0 Å². The zero-order valence-corrected chi connectivity index (χ0v) is 12.8. The molecule has 0 aliphatic carbocycles. The highest BCUT2D eigenvalue weighted by Crippen LogP contribution is 2.11. The first-order valence-corrected chi connectivity index (χ1v) is 7.33. The van der Waals surface area contributed by atoms with E-state index in [0.717, 1.165) is 18.7 Å². The summed E-state index contributed by atoms with van der Waals surface area (Å²) in [6.45, 7) is 8.24. The normalized spacial score (nSPS) is 11.0. The topological polar surface area (TPSA) is 20.3 Å². The summed E-state index contributed by atoms with van der Waals surface area (Å²) in [7, 11) is 2.10. The third kappa shape index (κ3) is 6.02. The van der Waals surface area contributed by atoms with Crippen LogP contribution in [0.15, 0.2) is 18.2 Å². The Bertz CT molecular complexity index is 391. The minimum Gasteiger partial charge on any atom is -0.306 e. The Morgan fingerprint density at radius 1 is 1.05 bits per heavy atom. The molecule has 0 amide bonds. The van der Waals surface area contributed by atoms with Gasteiger partial charge in [0.25, 0.3) is 0 Å². The van der Waals surface area contributed by atoms with E-state index in [0.29, 0.717) is 6.42 Å². The summed E-state index contributed by atoms with van der Waals surface area (Å²) in [6.07, 6.45) is 4.36. The van der Waals surface area contributed by atoms with Crippen molar-refractivity contribution in [3.05, 3.63) is 34.9 Å². The lowest BCUT2D eigenvalue weighted by Crippen LogP contribution is -2.23. The highest BCUT2D eigenvalue weighted by atomic mass is 16.1. The number of Topliss-reactive ketones (excluding diaryl/α,β-unsaturated/α-hetero) is 1. The van der Waals surface area contributed by atoms with E-state index < -0.39 is 0 Å². The molecule has 2 nitrogen and oxygen atoms in total. The van der Waals surface area contributed by atoms with Gasteiger partial charge in [-0.05, 0) is 46.0 Å². The fourth-order valence-corrected chi connectivity index (χ4v) is 2.32. The van der Waals surface area contributed by atoms with Crippen molar-refractivity contribution in [3.8, 4) is 0 Å². The van der Waals surface area contributed by atoms with Gasteiger partial charge in [0.2, 0.25) is 0 Å². The second-order valence-electron chi connectivity index (χ2n) is 5.56. The Morgan fingerprint density at radius 2 is 1.68 bits per heavy atom. The van der Waals surface area contributed by atoms with E-state index in [-0.39, 0.29) is 5.78 Å². The van der Waals surface area contributed by atoms with Crippen LogP contribution in [0.1, 0.15) is 54.1 Å². The third-order valence-electron chi connectivity index (χ3n) is 3.41. The zero-order valence-electron chi connectivity index (χ0n) is 12.8. The van der Waals surface area contributed by atoms with E-state index >= 15 is 0 Å². The van der Waals surface area contributed by atoms with Crippen molar-refractivity contribution < 1.29 is 4.79 Å². The molecule has 0 radical (unpaired) electrons. The molecule has 1 rings (SSSR count). The van der Waals surface area contributed by atoms with Gasteiger partial charge in [-0.15, -0.1) is 0 Å². The Kier molecular flexibility index (Phi) is 6.79. The van der Waals surface area contributed by atoms with Crippen molar-refractivity contribution >= 4 is 5.78 Å². The van der Waals surface area contributed by atoms with Crippen molar-refractivity contribution in [2.24, 2.45) is 0 Å². The maximum absolute atomic E-state index is 12.2. The molecule has 0 N–H and O–H groups in total. The predicted octanol–water partition coefficient (Wildman–Crippen LogP) is 4.00. The highest BCUT2D eigenvalue weighted by Gasteiger charge is 2.08. The minimum absolute atomic E-state index is 0.258. The molecule has 0 unspecified atom stereocenters. The lowest BCUT2D eigenvalue weighted by Gasteiger charge is -2.15. The number of rotatable bonds is 8. The second kappa shape index (κ2) is 8.11. The second-order valence-corrected chi connectivity index (χ2v) is 5.56. The van der Waals surface area contributed by atoms with Crippen LogP contribution in [0.3, 0.4) is 0 Å². The molecule has 0 aromatic heterocycles. The van der Waals surface area contributed by atoms with Crippen LogP contribution < -0.4 is 0 Å². The van der Waals surface area contributed by atoms with E-state index in [2.05, 4.69) is 24.9 Å². The number of carbonyl (C=O) groups excluding carboxylic acids is 1. The Morgan fingerprint density at radius 3 is 2.26 bits per heavy atom. The Balaban J connectivity index is 2.42. The van der Waals surface area contributed by atoms with Gasteiger partial charge in [0.15, 0.2) is 5.78 Å². The molecule has 0 aliphatic rings. The Labute approximate surface area is 117 Å². The first-order chi connectivity index (χ1) is 9.02. The van der Waals surface area contributed by atoms with E-state index in [1.54, 1.807) is 0 Å². The zero-order chi connectivity index (χ0) is 14.3. The van der Waals surface area contributed by atoms with Crippen LogP contribution >= 0.6 is 0 Å². The van der Waals surface area contributed by atoms with Gasteiger partial charge in [0, 0.05) is 18.5 Å². The molecule has 1 aromatic rings. The molecule has 19 heavy (non-hydrogen) atoms. The molecule has 0 heterocycles. The number of aryl methyl sites for hydroxylation is 2. The van der Waals surface area contributed by atoms with Gasteiger partial charge in [-0.3, -0.25) is 4.79 Å². The number of hydrogen-bond donors (Lipinski definition) is 0. The van der Waals surface area contributed by atoms with Gasteiger partial charge < -0.3 is 4.90 Å². The molecule has 1 aromatic carbocycles. The summed E-state index contributed by atoms with van der Waals surface area (Å²) in [5.74, 6) is 0.258. The highest BCUT2D eigenvalue weighted by molar-refractivity contribution is 5.96. The molecular weight excluding hydrogens is 234 g/mol. The average molecular weight is 261 g/mol. The maximum atomic E-state index is 12.2. The number of hydrogen-bond acceptors (Lipinski definition) is 2. The minimum atomic E-state index is 0.258. The fraction of sp³-hybridized carbons (Fsp3) is 0.588. The molecule has 0 bridgehead atoms. The van der Waals surface area contributed by atoms with E-state index in [1.807, 2.05) is 26.0 Å². The monoisotopic (exact) mass is 261 g/mol. The molecule has 0 saturated heterocycles. The maximum Gasteiger partial charge on any atom is 0.164 e. The molecule has 106 valence electrons. The smallest absolute Gasteiger partial charge is 0.164 e. The van der Waals surface area contributed by atoms with Crippen molar-refractivity contribution in [2.75, 3.05) is 20.1 Å². The molecular formula is C17H27NO. The van der Waals surface area contributed by atoms with Crippen LogP contribution in [0.2, 0.25) is 0 Å². The van der Waals surface area contributed by atoms with Gasteiger partial charge in [-0.2, -0.15) is 0 Å². The van der Waals surface area contributed by atoms with Crippen LogP contribution in [0, 0.1) is 13.8 Å². The molecule has 0 spiro atoms. The van der Waals surface area contributed by atoms with Crippen LogP contribution in [-0.4, -0.2) is 30.8 Å². The van der Waals surface area contributed by atoms with Crippen molar-refractivity contribution in [3.63, 3.8) is 0 Å². The summed E-state index contributed by atoms with van der Waals surface area (Å²) >= 11 is 0. The average Bonchev–Trinajstić information content (AvgIpc) is 2.35. The van der Waals surface area contributed by atoms with Gasteiger partial charge in [0.1, 0.15) is 0 Å². The molecule has 0 atom stereocenters.